The number of para-hydroxylation sites is 1. The predicted octanol–water partition coefficient (Wildman–Crippen LogP) is 6.01. The molecule has 0 bridgehead atoms. The standard InChI is InChI=1S/C36H43N5O6/c1-23-19-41(24(2)22-42)34(43)18-28-17-29(37-36(44)38-35-25(3)39-47-26(35)4)13-16-32(28)46-33(23)21-40(5)20-27-11-14-31(15-12-27)45-30-9-7-6-8-10-30/h6-17,23-24,33,42H,18-22H2,1-5H3,(H2,37,38,44)/t23-,24+,33+/m1/s1. The summed E-state index contributed by atoms with van der Waals surface area (Å²) in [6, 6.07) is 22.2. The highest BCUT2D eigenvalue weighted by Crippen LogP contribution is 2.30. The van der Waals surface area contributed by atoms with Crippen LogP contribution in [0.1, 0.15) is 36.4 Å². The van der Waals surface area contributed by atoms with E-state index in [-0.39, 0.29) is 37.0 Å². The van der Waals surface area contributed by atoms with Gasteiger partial charge in [0.2, 0.25) is 5.91 Å². The molecule has 1 aliphatic rings. The number of likely N-dealkylation sites (N-methyl/N-ethyl adjacent to an activating group) is 1. The minimum absolute atomic E-state index is 0.0402. The number of nitrogens with one attached hydrogen (secondary N) is 2. The van der Waals surface area contributed by atoms with Crippen LogP contribution in [0.4, 0.5) is 16.2 Å². The zero-order valence-electron chi connectivity index (χ0n) is 27.5. The van der Waals surface area contributed by atoms with Crippen LogP contribution in [-0.2, 0) is 17.8 Å². The predicted molar refractivity (Wildman–Crippen MR) is 180 cm³/mol. The third-order valence-corrected chi connectivity index (χ3v) is 8.29. The van der Waals surface area contributed by atoms with E-state index in [2.05, 4.69) is 39.7 Å². The van der Waals surface area contributed by atoms with Crippen LogP contribution >= 0.6 is 0 Å². The SMILES string of the molecule is Cc1noc(C)c1NC(=O)Nc1ccc2c(c1)CC(=O)N([C@@H](C)CO)C[C@@H](C)[C@H](CN(C)Cc1ccc(Oc3ccccc3)cc1)O2. The Morgan fingerprint density at radius 1 is 1.09 bits per heavy atom. The number of aliphatic hydroxyl groups is 1. The van der Waals surface area contributed by atoms with Crippen LogP contribution in [0.5, 0.6) is 17.2 Å². The van der Waals surface area contributed by atoms with E-state index in [1.807, 2.05) is 56.4 Å². The van der Waals surface area contributed by atoms with Gasteiger partial charge in [0, 0.05) is 36.8 Å². The van der Waals surface area contributed by atoms with Gasteiger partial charge in [-0.05, 0) is 75.8 Å². The number of urea groups is 1. The van der Waals surface area contributed by atoms with E-state index < -0.39 is 6.03 Å². The fourth-order valence-corrected chi connectivity index (χ4v) is 5.63. The van der Waals surface area contributed by atoms with E-state index in [0.717, 1.165) is 17.1 Å². The smallest absolute Gasteiger partial charge is 0.323 e. The lowest BCUT2D eigenvalue weighted by Crippen LogP contribution is -2.47. The van der Waals surface area contributed by atoms with E-state index in [0.29, 0.717) is 53.8 Å². The molecule has 0 spiro atoms. The summed E-state index contributed by atoms with van der Waals surface area (Å²) in [6.07, 6.45) is -0.201. The van der Waals surface area contributed by atoms with Crippen LogP contribution in [0.15, 0.2) is 77.3 Å². The number of nitrogens with zero attached hydrogens (tertiary/aromatic N) is 3. The molecular weight excluding hydrogens is 598 g/mol. The number of amides is 3. The topological polar surface area (TPSA) is 129 Å². The van der Waals surface area contributed by atoms with Gasteiger partial charge in [-0.1, -0.05) is 42.4 Å². The number of hydrogen-bond donors (Lipinski definition) is 3. The van der Waals surface area contributed by atoms with Crippen molar-refractivity contribution >= 4 is 23.3 Å². The monoisotopic (exact) mass is 641 g/mol. The first-order valence-corrected chi connectivity index (χ1v) is 15.8. The average Bonchev–Trinajstić information content (AvgIpc) is 3.38. The molecular formula is C36H43N5O6. The Bertz CT molecular complexity index is 1640. The van der Waals surface area contributed by atoms with Crippen LogP contribution in [-0.4, -0.2) is 70.9 Å². The summed E-state index contributed by atoms with van der Waals surface area (Å²) < 4.78 is 17.7. The number of aryl methyl sites for hydroxylation is 2. The number of fused-ring (bicyclic) bond motifs is 1. The molecule has 47 heavy (non-hydrogen) atoms. The number of ether oxygens (including phenoxy) is 2. The maximum atomic E-state index is 13.6. The number of aliphatic hydroxyl groups excluding tert-OH is 1. The molecule has 0 aliphatic carbocycles. The largest absolute Gasteiger partial charge is 0.488 e. The summed E-state index contributed by atoms with van der Waals surface area (Å²) in [7, 11) is 2.04. The van der Waals surface area contributed by atoms with Gasteiger partial charge < -0.3 is 34.6 Å². The Morgan fingerprint density at radius 3 is 2.49 bits per heavy atom. The van der Waals surface area contributed by atoms with Gasteiger partial charge in [0.1, 0.15) is 34.7 Å². The number of aromatic nitrogens is 1. The Labute approximate surface area is 275 Å². The number of anilines is 2. The first kappa shape index (κ1) is 33.5. The van der Waals surface area contributed by atoms with Gasteiger partial charge in [-0.15, -0.1) is 0 Å². The van der Waals surface area contributed by atoms with E-state index in [1.165, 1.54) is 0 Å². The first-order valence-electron chi connectivity index (χ1n) is 15.8. The molecule has 3 N–H and O–H groups in total. The number of carbonyl (C=O) groups is 2. The van der Waals surface area contributed by atoms with Crippen molar-refractivity contribution in [3.05, 3.63) is 95.4 Å². The fraction of sp³-hybridized carbons (Fsp3) is 0.361. The lowest BCUT2D eigenvalue weighted by atomic mass is 10.0. The highest BCUT2D eigenvalue weighted by atomic mass is 16.5. The van der Waals surface area contributed by atoms with Crippen LogP contribution in [0, 0.1) is 19.8 Å². The second kappa shape index (κ2) is 15.1. The second-order valence-corrected chi connectivity index (χ2v) is 12.2. The lowest BCUT2D eigenvalue weighted by molar-refractivity contribution is -0.134. The van der Waals surface area contributed by atoms with Crippen molar-refractivity contribution < 1.29 is 28.7 Å². The molecule has 11 heteroatoms. The maximum Gasteiger partial charge on any atom is 0.323 e. The third-order valence-electron chi connectivity index (χ3n) is 8.29. The van der Waals surface area contributed by atoms with E-state index >= 15 is 0 Å². The Kier molecular flexibility index (Phi) is 10.8. The van der Waals surface area contributed by atoms with Crippen LogP contribution in [0.2, 0.25) is 0 Å². The minimum Gasteiger partial charge on any atom is -0.488 e. The molecule has 5 rings (SSSR count). The summed E-state index contributed by atoms with van der Waals surface area (Å²) in [5.74, 6) is 2.49. The molecule has 1 aromatic heterocycles. The van der Waals surface area contributed by atoms with Crippen molar-refractivity contribution in [2.75, 3.05) is 37.4 Å². The molecule has 11 nitrogen and oxygen atoms in total. The molecule has 3 atom stereocenters. The molecule has 2 heterocycles. The van der Waals surface area contributed by atoms with Crippen molar-refractivity contribution in [3.63, 3.8) is 0 Å². The molecule has 0 radical (unpaired) electrons. The normalized spacial score (nSPS) is 17.2. The van der Waals surface area contributed by atoms with Gasteiger partial charge >= 0.3 is 6.03 Å². The molecule has 0 saturated heterocycles. The number of hydrogen-bond acceptors (Lipinski definition) is 8. The minimum atomic E-state index is -0.460. The molecule has 4 aromatic rings. The molecule has 3 amide bonds. The van der Waals surface area contributed by atoms with Crippen molar-refractivity contribution in [3.8, 4) is 17.2 Å². The molecule has 1 aliphatic heterocycles. The van der Waals surface area contributed by atoms with Gasteiger partial charge in [0.25, 0.3) is 0 Å². The van der Waals surface area contributed by atoms with Crippen molar-refractivity contribution in [2.24, 2.45) is 5.92 Å². The number of benzene rings is 3. The number of rotatable bonds is 10. The van der Waals surface area contributed by atoms with Crippen molar-refractivity contribution in [1.82, 2.24) is 15.0 Å². The highest BCUT2D eigenvalue weighted by Gasteiger charge is 2.31. The van der Waals surface area contributed by atoms with Crippen molar-refractivity contribution in [2.45, 2.75) is 52.8 Å². The highest BCUT2D eigenvalue weighted by molar-refractivity contribution is 6.00. The fourth-order valence-electron chi connectivity index (χ4n) is 5.63. The van der Waals surface area contributed by atoms with E-state index in [4.69, 9.17) is 14.0 Å². The Morgan fingerprint density at radius 2 is 1.81 bits per heavy atom. The van der Waals surface area contributed by atoms with Gasteiger partial charge in [0.15, 0.2) is 5.76 Å². The maximum absolute atomic E-state index is 13.6. The summed E-state index contributed by atoms with van der Waals surface area (Å²) in [5.41, 5.74) is 3.36. The quantitative estimate of drug-likeness (QED) is 0.192. The summed E-state index contributed by atoms with van der Waals surface area (Å²) in [5, 5.41) is 19.5. The van der Waals surface area contributed by atoms with Gasteiger partial charge in [0.05, 0.1) is 19.1 Å². The molecule has 0 saturated carbocycles. The van der Waals surface area contributed by atoms with Crippen LogP contribution in [0.3, 0.4) is 0 Å². The summed E-state index contributed by atoms with van der Waals surface area (Å²) in [4.78, 5) is 30.3. The van der Waals surface area contributed by atoms with E-state index in [1.54, 1.807) is 36.9 Å². The zero-order valence-corrected chi connectivity index (χ0v) is 27.5. The third kappa shape index (κ3) is 8.69. The van der Waals surface area contributed by atoms with Crippen LogP contribution in [0.25, 0.3) is 0 Å². The molecule has 248 valence electrons. The summed E-state index contributed by atoms with van der Waals surface area (Å²) >= 11 is 0. The summed E-state index contributed by atoms with van der Waals surface area (Å²) in [6.45, 7) is 8.94. The zero-order chi connectivity index (χ0) is 33.5. The Hall–Kier alpha value is -4.87. The average molecular weight is 642 g/mol. The van der Waals surface area contributed by atoms with E-state index in [9.17, 15) is 14.7 Å². The van der Waals surface area contributed by atoms with Crippen LogP contribution < -0.4 is 20.1 Å². The number of carbonyl (C=O) groups excluding carboxylic acids is 2. The van der Waals surface area contributed by atoms with Crippen molar-refractivity contribution in [1.29, 1.82) is 0 Å². The molecule has 3 aromatic carbocycles. The van der Waals surface area contributed by atoms with Gasteiger partial charge in [-0.3, -0.25) is 9.69 Å². The first-order chi connectivity index (χ1) is 22.6. The van der Waals surface area contributed by atoms with Gasteiger partial charge in [-0.2, -0.15) is 0 Å². The lowest BCUT2D eigenvalue weighted by Gasteiger charge is -2.34. The second-order valence-electron chi connectivity index (χ2n) is 12.2. The molecule has 0 unspecified atom stereocenters. The van der Waals surface area contributed by atoms with Gasteiger partial charge in [-0.25, -0.2) is 4.79 Å². The Balaban J connectivity index is 1.31. The molecule has 0 fully saturated rings.